The molecule has 13 heteroatoms. The molecule has 1 atom stereocenters. The van der Waals surface area contributed by atoms with Gasteiger partial charge in [-0.05, 0) is 25.1 Å². The minimum Gasteiger partial charge on any atom is -0.385 e. The average molecular weight is 447 g/mol. The highest BCUT2D eigenvalue weighted by Gasteiger charge is 2.54. The third-order valence-electron chi connectivity index (χ3n) is 4.54. The largest absolute Gasteiger partial charge is 0.434 e. The van der Waals surface area contributed by atoms with Gasteiger partial charge in [0.15, 0.2) is 11.2 Å². The van der Waals surface area contributed by atoms with Crippen molar-refractivity contribution in [2.24, 2.45) is 10.7 Å². The Morgan fingerprint density at radius 1 is 1.23 bits per heavy atom. The van der Waals surface area contributed by atoms with E-state index in [0.717, 1.165) is 25.1 Å². The van der Waals surface area contributed by atoms with E-state index in [1.165, 1.54) is 0 Å². The maximum Gasteiger partial charge on any atom is 0.434 e. The van der Waals surface area contributed by atoms with E-state index in [0.29, 0.717) is 12.4 Å². The second-order valence-corrected chi connectivity index (χ2v) is 6.81. The first-order valence-electron chi connectivity index (χ1n) is 8.64. The van der Waals surface area contributed by atoms with Crippen molar-refractivity contribution < 1.29 is 35.9 Å². The lowest BCUT2D eigenvalue weighted by Crippen LogP contribution is -2.45. The van der Waals surface area contributed by atoms with Crippen LogP contribution in [0.2, 0.25) is 0 Å². The number of ether oxygens (including phenoxy) is 1. The smallest absolute Gasteiger partial charge is 0.385 e. The molecule has 1 unspecified atom stereocenters. The maximum absolute atomic E-state index is 14.7. The van der Waals surface area contributed by atoms with Gasteiger partial charge in [-0.25, -0.2) is 23.1 Å². The summed E-state index contributed by atoms with van der Waals surface area (Å²) in [5.41, 5.74) is 0.661. The first-order chi connectivity index (χ1) is 14.3. The standard InChI is InChI=1S/C18H15F6N5O2/c1-16(17(20,21)8-31-7-14(25)29-16)10-4-9(2-3-11(10)19)28-15(30)12-5-27-13(6-26-12)18(22,23)24/h2-6H,7-8H2,1H3,(H2,25,29)(H,28,30). The molecule has 2 heterocycles. The van der Waals surface area contributed by atoms with Crippen molar-refractivity contribution in [2.45, 2.75) is 24.6 Å². The zero-order valence-corrected chi connectivity index (χ0v) is 15.8. The molecule has 0 fully saturated rings. The summed E-state index contributed by atoms with van der Waals surface area (Å²) in [6.07, 6.45) is -3.76. The van der Waals surface area contributed by atoms with Gasteiger partial charge >= 0.3 is 6.18 Å². The number of anilines is 1. The van der Waals surface area contributed by atoms with Gasteiger partial charge in [0.1, 0.15) is 30.6 Å². The lowest BCUT2D eigenvalue weighted by Gasteiger charge is -2.33. The van der Waals surface area contributed by atoms with Crippen LogP contribution in [0.15, 0.2) is 35.6 Å². The summed E-state index contributed by atoms with van der Waals surface area (Å²) in [5, 5.41) is 2.25. The third-order valence-corrected chi connectivity index (χ3v) is 4.54. The Labute approximate surface area is 171 Å². The number of amides is 1. The maximum atomic E-state index is 14.7. The summed E-state index contributed by atoms with van der Waals surface area (Å²) >= 11 is 0. The van der Waals surface area contributed by atoms with E-state index in [2.05, 4.69) is 20.3 Å². The molecule has 3 rings (SSSR count). The van der Waals surface area contributed by atoms with Gasteiger partial charge < -0.3 is 15.8 Å². The summed E-state index contributed by atoms with van der Waals surface area (Å²) in [6.45, 7) is -0.458. The normalized spacial score (nSPS) is 21.2. The summed E-state index contributed by atoms with van der Waals surface area (Å²) in [5.74, 6) is -5.93. The van der Waals surface area contributed by atoms with E-state index in [1.807, 2.05) is 0 Å². The van der Waals surface area contributed by atoms with Crippen molar-refractivity contribution in [3.8, 4) is 0 Å². The minimum atomic E-state index is -4.74. The monoisotopic (exact) mass is 447 g/mol. The minimum absolute atomic E-state index is 0.126. The van der Waals surface area contributed by atoms with Gasteiger partial charge in [-0.15, -0.1) is 0 Å². The molecule has 2 aromatic rings. The highest BCUT2D eigenvalue weighted by atomic mass is 19.4. The molecule has 1 aromatic heterocycles. The van der Waals surface area contributed by atoms with E-state index >= 15 is 0 Å². The molecule has 0 spiro atoms. The number of carbonyl (C=O) groups excluding carboxylic acids is 1. The fraction of sp³-hybridized carbons (Fsp3) is 0.333. The topological polar surface area (TPSA) is 102 Å². The number of nitrogens with two attached hydrogens (primary N) is 1. The van der Waals surface area contributed by atoms with Crippen LogP contribution >= 0.6 is 0 Å². The summed E-state index contributed by atoms with van der Waals surface area (Å²) in [4.78, 5) is 22.5. The van der Waals surface area contributed by atoms with Gasteiger partial charge in [0.2, 0.25) is 0 Å². The second-order valence-electron chi connectivity index (χ2n) is 6.81. The van der Waals surface area contributed by atoms with Crippen molar-refractivity contribution in [2.75, 3.05) is 18.5 Å². The number of nitrogens with one attached hydrogen (secondary N) is 1. The van der Waals surface area contributed by atoms with Crippen LogP contribution < -0.4 is 11.1 Å². The lowest BCUT2D eigenvalue weighted by molar-refractivity contribution is -0.141. The number of aromatic nitrogens is 2. The summed E-state index contributed by atoms with van der Waals surface area (Å²) < 4.78 is 86.3. The van der Waals surface area contributed by atoms with Gasteiger partial charge in [0, 0.05) is 11.3 Å². The van der Waals surface area contributed by atoms with E-state index in [9.17, 15) is 31.1 Å². The fourth-order valence-electron chi connectivity index (χ4n) is 2.85. The molecule has 1 amide bonds. The SMILES string of the molecule is CC1(c2cc(NC(=O)c3cnc(C(F)(F)F)cn3)ccc2F)N=C(N)COCC1(F)F. The number of hydrogen-bond donors (Lipinski definition) is 2. The van der Waals surface area contributed by atoms with Crippen molar-refractivity contribution in [1.29, 1.82) is 0 Å². The Kier molecular flexibility index (Phi) is 5.65. The zero-order chi connectivity index (χ0) is 23.0. The molecule has 1 aliphatic heterocycles. The molecule has 0 saturated heterocycles. The first-order valence-corrected chi connectivity index (χ1v) is 8.64. The number of benzene rings is 1. The van der Waals surface area contributed by atoms with Crippen molar-refractivity contribution in [1.82, 2.24) is 9.97 Å². The Morgan fingerprint density at radius 2 is 1.94 bits per heavy atom. The molecule has 0 radical (unpaired) electrons. The first kappa shape index (κ1) is 22.5. The average Bonchev–Trinajstić information content (AvgIpc) is 2.78. The van der Waals surface area contributed by atoms with Crippen LogP contribution in [0.25, 0.3) is 0 Å². The Balaban J connectivity index is 1.92. The molecule has 166 valence electrons. The Bertz CT molecular complexity index is 1030. The van der Waals surface area contributed by atoms with Crippen molar-refractivity contribution in [3.05, 3.63) is 53.4 Å². The van der Waals surface area contributed by atoms with Crippen LogP contribution in [0.3, 0.4) is 0 Å². The van der Waals surface area contributed by atoms with Gasteiger partial charge in [-0.3, -0.25) is 9.79 Å². The van der Waals surface area contributed by atoms with Gasteiger partial charge in [-0.1, -0.05) is 0 Å². The lowest BCUT2D eigenvalue weighted by atomic mass is 9.85. The number of carbonyl (C=O) groups is 1. The summed E-state index contributed by atoms with van der Waals surface area (Å²) in [6, 6.07) is 2.85. The molecule has 31 heavy (non-hydrogen) atoms. The number of rotatable bonds is 3. The van der Waals surface area contributed by atoms with Gasteiger partial charge in [0.25, 0.3) is 11.8 Å². The molecule has 0 bridgehead atoms. The highest BCUT2D eigenvalue weighted by molar-refractivity contribution is 6.02. The molecule has 0 saturated carbocycles. The summed E-state index contributed by atoms with van der Waals surface area (Å²) in [7, 11) is 0. The van der Waals surface area contributed by atoms with Crippen LogP contribution in [0.5, 0.6) is 0 Å². The highest BCUT2D eigenvalue weighted by Crippen LogP contribution is 2.44. The van der Waals surface area contributed by atoms with Gasteiger partial charge in [-0.2, -0.15) is 13.2 Å². The van der Waals surface area contributed by atoms with E-state index in [1.54, 1.807) is 0 Å². The molecule has 3 N–H and O–H groups in total. The predicted octanol–water partition coefficient (Wildman–Crippen LogP) is 3.12. The predicted molar refractivity (Wildman–Crippen MR) is 96.1 cm³/mol. The van der Waals surface area contributed by atoms with Crippen LogP contribution in [-0.2, 0) is 16.5 Å². The molecular weight excluding hydrogens is 432 g/mol. The van der Waals surface area contributed by atoms with E-state index in [-0.39, 0.29) is 18.1 Å². The number of amidine groups is 1. The van der Waals surface area contributed by atoms with Gasteiger partial charge in [0.05, 0.1) is 12.4 Å². The number of aliphatic imine (C=N–C) groups is 1. The number of halogens is 6. The Hall–Kier alpha value is -3.22. The van der Waals surface area contributed by atoms with Crippen LogP contribution in [0, 0.1) is 5.82 Å². The van der Waals surface area contributed by atoms with Crippen LogP contribution in [-0.4, -0.2) is 40.8 Å². The number of nitrogens with zero attached hydrogens (tertiary/aromatic N) is 3. The quantitative estimate of drug-likeness (QED) is 0.704. The Morgan fingerprint density at radius 3 is 2.55 bits per heavy atom. The van der Waals surface area contributed by atoms with Crippen LogP contribution in [0.4, 0.5) is 32.0 Å². The van der Waals surface area contributed by atoms with Crippen LogP contribution in [0.1, 0.15) is 28.7 Å². The molecule has 1 aromatic carbocycles. The molecule has 0 aliphatic carbocycles. The fourth-order valence-corrected chi connectivity index (χ4v) is 2.85. The molecule has 1 aliphatic rings. The van der Waals surface area contributed by atoms with Crippen molar-refractivity contribution in [3.63, 3.8) is 0 Å². The second kappa shape index (κ2) is 7.80. The van der Waals surface area contributed by atoms with E-state index in [4.69, 9.17) is 10.5 Å². The number of alkyl halides is 5. The molecule has 7 nitrogen and oxygen atoms in total. The van der Waals surface area contributed by atoms with Crippen molar-refractivity contribution >= 4 is 17.4 Å². The molecular formula is C18H15F6N5O2. The zero-order valence-electron chi connectivity index (χ0n) is 15.8. The third kappa shape index (κ3) is 4.45. The van der Waals surface area contributed by atoms with E-state index < -0.39 is 52.9 Å². The number of hydrogen-bond acceptors (Lipinski definition) is 6.